The van der Waals surface area contributed by atoms with Crippen LogP contribution in [0.25, 0.3) is 17.2 Å². The molecule has 0 N–H and O–H groups in total. The molecule has 0 nitrogen and oxygen atoms in total. The van der Waals surface area contributed by atoms with Crippen LogP contribution in [0.4, 0.5) is 0 Å². The molecule has 0 unspecified atom stereocenters. The average molecular weight is 289 g/mol. The van der Waals surface area contributed by atoms with Gasteiger partial charge < -0.3 is 0 Å². The third-order valence-electron chi connectivity index (χ3n) is 4.41. The number of hydrogen-bond donors (Lipinski definition) is 0. The topological polar surface area (TPSA) is 0 Å². The van der Waals surface area contributed by atoms with E-state index >= 15 is 0 Å². The van der Waals surface area contributed by atoms with Crippen LogP contribution in [0.3, 0.4) is 0 Å². The molecule has 3 rings (SSSR count). The highest BCUT2D eigenvalue weighted by atomic mass is 14.2. The Balaban J connectivity index is 1.99. The standard InChI is InChI=1S/C22H25/c1-5-7-16-14-18-8-6-9-20(21(18)15-16)17-10-12-19(13-11-17)22(2,3)4/h6,8-15H,5,7H2,1-4H3. The molecule has 0 aromatic heterocycles. The molecular formula is C22H25. The summed E-state index contributed by atoms with van der Waals surface area (Å²) in [6, 6.07) is 15.7. The summed E-state index contributed by atoms with van der Waals surface area (Å²) in [6.45, 7) is 9.02. The van der Waals surface area contributed by atoms with E-state index in [4.69, 9.17) is 0 Å². The first kappa shape index (κ1) is 15.1. The molecule has 1 aliphatic rings. The van der Waals surface area contributed by atoms with E-state index in [2.05, 4.69) is 82.7 Å². The van der Waals surface area contributed by atoms with Crippen molar-refractivity contribution in [3.05, 3.63) is 71.1 Å². The Labute approximate surface area is 134 Å². The monoisotopic (exact) mass is 289 g/mol. The van der Waals surface area contributed by atoms with E-state index in [0.717, 1.165) is 6.42 Å². The number of benzene rings is 2. The minimum atomic E-state index is 0.207. The van der Waals surface area contributed by atoms with Gasteiger partial charge in [-0.25, -0.2) is 0 Å². The molecule has 0 amide bonds. The van der Waals surface area contributed by atoms with Crippen molar-refractivity contribution >= 4 is 6.08 Å². The van der Waals surface area contributed by atoms with Gasteiger partial charge in [0.25, 0.3) is 0 Å². The first-order chi connectivity index (χ1) is 10.5. The summed E-state index contributed by atoms with van der Waals surface area (Å²) in [4.78, 5) is 0. The zero-order valence-electron chi connectivity index (χ0n) is 14.1. The number of hydrogen-bond acceptors (Lipinski definition) is 0. The summed E-state index contributed by atoms with van der Waals surface area (Å²) in [5, 5.41) is 0. The molecular weight excluding hydrogens is 264 g/mol. The number of allylic oxidation sites excluding steroid dienone is 1. The van der Waals surface area contributed by atoms with Crippen molar-refractivity contribution in [2.75, 3.05) is 0 Å². The van der Waals surface area contributed by atoms with Crippen molar-refractivity contribution in [3.8, 4) is 11.1 Å². The number of rotatable bonds is 3. The van der Waals surface area contributed by atoms with Crippen LogP contribution < -0.4 is 0 Å². The molecule has 0 atom stereocenters. The Bertz CT molecular complexity index is 694. The van der Waals surface area contributed by atoms with Gasteiger partial charge in [-0.3, -0.25) is 0 Å². The molecule has 2 aromatic carbocycles. The van der Waals surface area contributed by atoms with Crippen molar-refractivity contribution in [3.63, 3.8) is 0 Å². The molecule has 0 bridgehead atoms. The van der Waals surface area contributed by atoms with Crippen LogP contribution in [0.2, 0.25) is 0 Å². The lowest BCUT2D eigenvalue weighted by molar-refractivity contribution is 0.590. The normalized spacial score (nSPS) is 13.9. The summed E-state index contributed by atoms with van der Waals surface area (Å²) in [5.74, 6) is 0. The molecule has 0 spiro atoms. The van der Waals surface area contributed by atoms with E-state index < -0.39 is 0 Å². The van der Waals surface area contributed by atoms with E-state index in [-0.39, 0.29) is 5.41 Å². The molecule has 2 aromatic rings. The van der Waals surface area contributed by atoms with Crippen molar-refractivity contribution in [2.24, 2.45) is 0 Å². The van der Waals surface area contributed by atoms with E-state index in [1.165, 1.54) is 39.8 Å². The molecule has 1 radical (unpaired) electrons. The second-order valence-corrected chi connectivity index (χ2v) is 7.25. The van der Waals surface area contributed by atoms with Crippen LogP contribution in [0, 0.1) is 6.42 Å². The van der Waals surface area contributed by atoms with Crippen molar-refractivity contribution < 1.29 is 0 Å². The highest BCUT2D eigenvalue weighted by Crippen LogP contribution is 2.37. The van der Waals surface area contributed by atoms with Gasteiger partial charge in [0.15, 0.2) is 0 Å². The first-order valence-electron chi connectivity index (χ1n) is 8.28. The summed E-state index contributed by atoms with van der Waals surface area (Å²) in [5.41, 5.74) is 8.45. The van der Waals surface area contributed by atoms with E-state index in [1.54, 1.807) is 0 Å². The van der Waals surface area contributed by atoms with Gasteiger partial charge >= 0.3 is 0 Å². The van der Waals surface area contributed by atoms with Crippen molar-refractivity contribution in [1.82, 2.24) is 0 Å². The molecule has 0 fully saturated rings. The second kappa shape index (κ2) is 5.76. The van der Waals surface area contributed by atoms with Crippen LogP contribution in [0.1, 0.15) is 57.2 Å². The third-order valence-corrected chi connectivity index (χ3v) is 4.41. The van der Waals surface area contributed by atoms with Gasteiger partial charge in [-0.2, -0.15) is 0 Å². The van der Waals surface area contributed by atoms with E-state index in [0.29, 0.717) is 0 Å². The highest BCUT2D eigenvalue weighted by molar-refractivity contribution is 5.83. The van der Waals surface area contributed by atoms with Crippen LogP contribution in [-0.4, -0.2) is 0 Å². The largest absolute Gasteiger partial charge is 0.0651 e. The lowest BCUT2D eigenvalue weighted by Gasteiger charge is -2.19. The smallest absolute Gasteiger partial charge is 0.0164 e. The minimum Gasteiger partial charge on any atom is -0.0651 e. The summed E-state index contributed by atoms with van der Waals surface area (Å²) >= 11 is 0. The predicted octanol–water partition coefficient (Wildman–Crippen LogP) is 6.40. The second-order valence-electron chi connectivity index (χ2n) is 7.25. The molecule has 0 heterocycles. The Morgan fingerprint density at radius 1 is 0.909 bits per heavy atom. The van der Waals surface area contributed by atoms with Crippen LogP contribution in [0.15, 0.2) is 48.0 Å². The maximum Gasteiger partial charge on any atom is 0.0164 e. The molecule has 0 heteroatoms. The van der Waals surface area contributed by atoms with Gasteiger partial charge in [0.05, 0.1) is 0 Å². The fraction of sp³-hybridized carbons (Fsp3) is 0.318. The van der Waals surface area contributed by atoms with Gasteiger partial charge in [-0.05, 0) is 39.7 Å². The lowest BCUT2D eigenvalue weighted by Crippen LogP contribution is -2.10. The molecule has 0 saturated carbocycles. The fourth-order valence-corrected chi connectivity index (χ4v) is 3.13. The maximum atomic E-state index is 2.37. The van der Waals surface area contributed by atoms with Crippen LogP contribution in [-0.2, 0) is 5.41 Å². The van der Waals surface area contributed by atoms with Crippen molar-refractivity contribution in [1.29, 1.82) is 0 Å². The Morgan fingerprint density at radius 3 is 2.27 bits per heavy atom. The van der Waals surface area contributed by atoms with Crippen molar-refractivity contribution in [2.45, 2.75) is 46.0 Å². The van der Waals surface area contributed by atoms with Gasteiger partial charge in [0.1, 0.15) is 0 Å². The lowest BCUT2D eigenvalue weighted by atomic mass is 9.86. The van der Waals surface area contributed by atoms with Gasteiger partial charge in [-0.1, -0.05) is 88.2 Å². The summed E-state index contributed by atoms with van der Waals surface area (Å²) < 4.78 is 0. The highest BCUT2D eigenvalue weighted by Gasteiger charge is 2.17. The predicted molar refractivity (Wildman–Crippen MR) is 96.9 cm³/mol. The molecule has 0 aliphatic heterocycles. The van der Waals surface area contributed by atoms with Crippen LogP contribution >= 0.6 is 0 Å². The third kappa shape index (κ3) is 2.88. The Kier molecular flexibility index (Phi) is 3.95. The maximum absolute atomic E-state index is 2.37. The fourth-order valence-electron chi connectivity index (χ4n) is 3.13. The summed E-state index contributed by atoms with van der Waals surface area (Å²) in [7, 11) is 0. The Hall–Kier alpha value is -1.82. The quantitative estimate of drug-likeness (QED) is 0.613. The molecule has 113 valence electrons. The van der Waals surface area contributed by atoms with E-state index in [9.17, 15) is 0 Å². The summed E-state index contributed by atoms with van der Waals surface area (Å²) in [6.07, 6.45) is 7.07. The van der Waals surface area contributed by atoms with Gasteiger partial charge in [-0.15, -0.1) is 0 Å². The first-order valence-corrected chi connectivity index (χ1v) is 8.28. The molecule has 0 saturated heterocycles. The van der Waals surface area contributed by atoms with Gasteiger partial charge in [0.2, 0.25) is 0 Å². The number of fused-ring (bicyclic) bond motifs is 1. The molecule has 22 heavy (non-hydrogen) atoms. The average Bonchev–Trinajstić information content (AvgIpc) is 2.89. The van der Waals surface area contributed by atoms with Crippen LogP contribution in [0.5, 0.6) is 0 Å². The SMILES string of the molecule is CCCC1=Cc2c(cccc2-c2ccc(C(C)(C)C)cc2)[CH]1. The zero-order chi connectivity index (χ0) is 15.7. The molecule has 1 aliphatic carbocycles. The Morgan fingerprint density at radius 2 is 1.64 bits per heavy atom. The minimum absolute atomic E-state index is 0.207. The van der Waals surface area contributed by atoms with Gasteiger partial charge in [0, 0.05) is 6.42 Å². The van der Waals surface area contributed by atoms with E-state index in [1.807, 2.05) is 0 Å². The zero-order valence-corrected chi connectivity index (χ0v) is 14.1.